The van der Waals surface area contributed by atoms with Crippen LogP contribution in [0.3, 0.4) is 0 Å². The van der Waals surface area contributed by atoms with Gasteiger partial charge in [0.25, 0.3) is 0 Å². The molecule has 2 N–H and O–H groups in total. The van der Waals surface area contributed by atoms with E-state index in [-0.39, 0.29) is 11.9 Å². The first-order valence-corrected chi connectivity index (χ1v) is 7.14. The van der Waals surface area contributed by atoms with Gasteiger partial charge < -0.3 is 10.6 Å². The first-order valence-electron chi connectivity index (χ1n) is 5.55. The molecule has 1 atom stereocenters. The maximum Gasteiger partial charge on any atom is 0.220 e. The molecule has 17 heavy (non-hydrogen) atoms. The average molecular weight is 362 g/mol. The fourth-order valence-corrected chi connectivity index (χ4v) is 3.62. The molecule has 1 aliphatic rings. The quantitative estimate of drug-likeness (QED) is 0.867. The average Bonchev–Trinajstić information content (AvgIpc) is 2.62. The molecule has 0 radical (unpaired) electrons. The van der Waals surface area contributed by atoms with E-state index in [1.54, 1.807) is 0 Å². The minimum Gasteiger partial charge on any atom is -0.381 e. The normalized spacial score (nSPS) is 19.2. The maximum absolute atomic E-state index is 11.1. The highest BCUT2D eigenvalue weighted by atomic mass is 79.9. The van der Waals surface area contributed by atoms with Crippen LogP contribution in [0.4, 0.5) is 5.69 Å². The van der Waals surface area contributed by atoms with E-state index in [1.165, 1.54) is 5.56 Å². The molecule has 1 amide bonds. The van der Waals surface area contributed by atoms with Gasteiger partial charge in [-0.2, -0.15) is 0 Å². The van der Waals surface area contributed by atoms with E-state index in [2.05, 4.69) is 61.5 Å². The summed E-state index contributed by atoms with van der Waals surface area (Å²) in [6, 6.07) is 4.38. The van der Waals surface area contributed by atoms with Crippen LogP contribution in [0.2, 0.25) is 0 Å². The van der Waals surface area contributed by atoms with Crippen LogP contribution in [-0.4, -0.2) is 18.5 Å². The zero-order chi connectivity index (χ0) is 12.4. The summed E-state index contributed by atoms with van der Waals surface area (Å²) in [6.07, 6.45) is 1.55. The lowest BCUT2D eigenvalue weighted by Gasteiger charge is -2.15. The molecular weight excluding hydrogens is 348 g/mol. The fourth-order valence-electron chi connectivity index (χ4n) is 1.92. The van der Waals surface area contributed by atoms with Gasteiger partial charge >= 0.3 is 0 Å². The molecule has 5 heteroatoms. The summed E-state index contributed by atoms with van der Waals surface area (Å²) >= 11 is 7.08. The largest absolute Gasteiger partial charge is 0.381 e. The summed E-state index contributed by atoms with van der Waals surface area (Å²) in [7, 11) is 0. The fraction of sp³-hybridized carbons (Fsp3) is 0.417. The van der Waals surface area contributed by atoms with Gasteiger partial charge in [0, 0.05) is 28.0 Å². The van der Waals surface area contributed by atoms with Crippen LogP contribution in [0.15, 0.2) is 21.1 Å². The number of carbonyl (C=O) groups is 1. The van der Waals surface area contributed by atoms with Crippen molar-refractivity contribution in [1.82, 2.24) is 5.32 Å². The van der Waals surface area contributed by atoms with Crippen molar-refractivity contribution in [3.63, 3.8) is 0 Å². The Labute approximate surface area is 118 Å². The predicted octanol–water partition coefficient (Wildman–Crippen LogP) is 3.21. The minimum atomic E-state index is 0.152. The SMILES string of the molecule is Cc1cc(Br)c(NCC2CCC(=O)N2)c(Br)c1. The number of amides is 1. The number of anilines is 1. The van der Waals surface area contributed by atoms with Crippen LogP contribution < -0.4 is 10.6 Å². The standard InChI is InChI=1S/C12H14Br2N2O/c1-7-4-9(13)12(10(14)5-7)15-6-8-2-3-11(17)16-8/h4-5,8,15H,2-3,6H2,1H3,(H,16,17). The summed E-state index contributed by atoms with van der Waals surface area (Å²) in [5.74, 6) is 0.152. The second-order valence-electron chi connectivity index (χ2n) is 4.29. The van der Waals surface area contributed by atoms with Crippen molar-refractivity contribution in [2.45, 2.75) is 25.8 Å². The number of aryl methyl sites for hydroxylation is 1. The second-order valence-corrected chi connectivity index (χ2v) is 6.00. The Morgan fingerprint density at radius 2 is 2.06 bits per heavy atom. The second kappa shape index (κ2) is 5.40. The topological polar surface area (TPSA) is 41.1 Å². The van der Waals surface area contributed by atoms with Gasteiger partial charge in [-0.15, -0.1) is 0 Å². The van der Waals surface area contributed by atoms with Gasteiger partial charge in [0.1, 0.15) is 0 Å². The molecule has 0 bridgehead atoms. The van der Waals surface area contributed by atoms with E-state index < -0.39 is 0 Å². The Morgan fingerprint density at radius 1 is 1.41 bits per heavy atom. The molecule has 1 aromatic rings. The first-order chi connectivity index (χ1) is 8.06. The minimum absolute atomic E-state index is 0.152. The lowest BCUT2D eigenvalue weighted by Crippen LogP contribution is -2.31. The van der Waals surface area contributed by atoms with Crippen molar-refractivity contribution in [1.29, 1.82) is 0 Å². The van der Waals surface area contributed by atoms with Gasteiger partial charge in [-0.3, -0.25) is 4.79 Å². The van der Waals surface area contributed by atoms with E-state index in [4.69, 9.17) is 0 Å². The van der Waals surface area contributed by atoms with E-state index >= 15 is 0 Å². The van der Waals surface area contributed by atoms with Crippen LogP contribution in [0.1, 0.15) is 18.4 Å². The zero-order valence-corrected chi connectivity index (χ0v) is 12.7. The third-order valence-corrected chi connectivity index (χ3v) is 4.05. The third kappa shape index (κ3) is 3.22. The smallest absolute Gasteiger partial charge is 0.220 e. The number of carbonyl (C=O) groups excluding carboxylic acids is 1. The van der Waals surface area contributed by atoms with Gasteiger partial charge in [0.2, 0.25) is 5.91 Å². The van der Waals surface area contributed by atoms with Crippen LogP contribution >= 0.6 is 31.9 Å². The molecule has 2 rings (SSSR count). The van der Waals surface area contributed by atoms with E-state index in [1.807, 2.05) is 0 Å². The molecule has 1 aromatic carbocycles. The highest BCUT2D eigenvalue weighted by molar-refractivity contribution is 9.11. The number of hydrogen-bond acceptors (Lipinski definition) is 2. The summed E-state index contributed by atoms with van der Waals surface area (Å²) in [5, 5.41) is 6.30. The molecule has 1 fully saturated rings. The summed E-state index contributed by atoms with van der Waals surface area (Å²) in [5.41, 5.74) is 2.24. The maximum atomic E-state index is 11.1. The Hall–Kier alpha value is -0.550. The van der Waals surface area contributed by atoms with Gasteiger partial charge in [0.05, 0.1) is 5.69 Å². The summed E-state index contributed by atoms with van der Waals surface area (Å²) < 4.78 is 2.07. The predicted molar refractivity (Wildman–Crippen MR) is 76.2 cm³/mol. The number of halogens is 2. The molecule has 0 spiro atoms. The van der Waals surface area contributed by atoms with Crippen LogP contribution in [0, 0.1) is 6.92 Å². The lowest BCUT2D eigenvalue weighted by molar-refractivity contribution is -0.119. The van der Waals surface area contributed by atoms with Crippen molar-refractivity contribution < 1.29 is 4.79 Å². The number of rotatable bonds is 3. The summed E-state index contributed by atoms with van der Waals surface area (Å²) in [6.45, 7) is 2.81. The Bertz CT molecular complexity index is 425. The van der Waals surface area contributed by atoms with Crippen LogP contribution in [0.5, 0.6) is 0 Å². The Kier molecular flexibility index (Phi) is 4.09. The molecular formula is C12H14Br2N2O. The van der Waals surface area contributed by atoms with Crippen molar-refractivity contribution in [3.05, 3.63) is 26.6 Å². The van der Waals surface area contributed by atoms with Crippen LogP contribution in [-0.2, 0) is 4.79 Å². The number of nitrogens with one attached hydrogen (secondary N) is 2. The first kappa shape index (κ1) is 12.9. The number of hydrogen-bond donors (Lipinski definition) is 2. The molecule has 1 aliphatic heterocycles. The van der Waals surface area contributed by atoms with E-state index in [0.717, 1.165) is 27.6 Å². The Balaban J connectivity index is 2.01. The molecule has 0 aromatic heterocycles. The monoisotopic (exact) mass is 360 g/mol. The van der Waals surface area contributed by atoms with Crippen molar-refractivity contribution in [3.8, 4) is 0 Å². The van der Waals surface area contributed by atoms with E-state index in [0.29, 0.717) is 6.42 Å². The molecule has 1 saturated heterocycles. The highest BCUT2D eigenvalue weighted by Gasteiger charge is 2.20. The van der Waals surface area contributed by atoms with Crippen LogP contribution in [0.25, 0.3) is 0 Å². The molecule has 92 valence electrons. The van der Waals surface area contributed by atoms with Crippen molar-refractivity contribution in [2.24, 2.45) is 0 Å². The third-order valence-electron chi connectivity index (χ3n) is 2.80. The van der Waals surface area contributed by atoms with Crippen molar-refractivity contribution in [2.75, 3.05) is 11.9 Å². The van der Waals surface area contributed by atoms with Gasteiger partial charge in [0.15, 0.2) is 0 Å². The Morgan fingerprint density at radius 3 is 2.59 bits per heavy atom. The number of benzene rings is 1. The summed E-state index contributed by atoms with van der Waals surface area (Å²) in [4.78, 5) is 11.1. The lowest BCUT2D eigenvalue weighted by atomic mass is 10.2. The molecule has 1 heterocycles. The van der Waals surface area contributed by atoms with Crippen molar-refractivity contribution >= 4 is 43.5 Å². The molecule has 0 aliphatic carbocycles. The van der Waals surface area contributed by atoms with Gasteiger partial charge in [-0.05, 0) is 62.9 Å². The van der Waals surface area contributed by atoms with Gasteiger partial charge in [-0.1, -0.05) is 0 Å². The van der Waals surface area contributed by atoms with E-state index in [9.17, 15) is 4.79 Å². The molecule has 1 unspecified atom stereocenters. The highest BCUT2D eigenvalue weighted by Crippen LogP contribution is 2.32. The zero-order valence-electron chi connectivity index (χ0n) is 9.52. The molecule has 0 saturated carbocycles. The van der Waals surface area contributed by atoms with Gasteiger partial charge in [-0.25, -0.2) is 0 Å². The molecule has 3 nitrogen and oxygen atoms in total.